The van der Waals surface area contributed by atoms with Crippen LogP contribution in [0.25, 0.3) is 0 Å². The second kappa shape index (κ2) is 8.48. The van der Waals surface area contributed by atoms with E-state index in [0.717, 1.165) is 17.0 Å². The van der Waals surface area contributed by atoms with Gasteiger partial charge in [-0.1, -0.05) is 42.0 Å². The molecule has 0 aliphatic rings. The minimum absolute atomic E-state index is 0.00978. The molecule has 3 aromatic rings. The van der Waals surface area contributed by atoms with Crippen molar-refractivity contribution in [1.82, 2.24) is 14.8 Å². The van der Waals surface area contributed by atoms with Crippen molar-refractivity contribution in [3.8, 4) is 0 Å². The Kier molecular flexibility index (Phi) is 5.85. The van der Waals surface area contributed by atoms with Gasteiger partial charge in [0.15, 0.2) is 0 Å². The third-order valence-corrected chi connectivity index (χ3v) is 4.61. The highest BCUT2D eigenvalue weighted by Crippen LogP contribution is 2.15. The van der Waals surface area contributed by atoms with Gasteiger partial charge in [0.05, 0.1) is 12.3 Å². The number of hydrogen-bond acceptors (Lipinski definition) is 4. The lowest BCUT2D eigenvalue weighted by Crippen LogP contribution is -2.14. The number of amides is 1. The van der Waals surface area contributed by atoms with Crippen molar-refractivity contribution in [2.45, 2.75) is 19.2 Å². The number of carbonyl (C=O) groups excluding carboxylic acids is 1. The predicted molar refractivity (Wildman–Crippen MR) is 102 cm³/mol. The van der Waals surface area contributed by atoms with Crippen LogP contribution in [0, 0.1) is 6.92 Å². The molecule has 0 aliphatic carbocycles. The second-order valence-electron chi connectivity index (χ2n) is 5.82. The van der Waals surface area contributed by atoms with E-state index in [9.17, 15) is 4.79 Å². The number of hydrogen-bond donors (Lipinski definition) is 1. The molecule has 6 heteroatoms. The summed E-state index contributed by atoms with van der Waals surface area (Å²) in [6.45, 7) is 2.71. The molecule has 2 aromatic carbocycles. The predicted octanol–water partition coefficient (Wildman–Crippen LogP) is 3.51. The summed E-state index contributed by atoms with van der Waals surface area (Å²) >= 11 is 1.62. The van der Waals surface area contributed by atoms with E-state index >= 15 is 0 Å². The average molecular weight is 352 g/mol. The van der Waals surface area contributed by atoms with Crippen molar-refractivity contribution in [2.24, 2.45) is 0 Å². The lowest BCUT2D eigenvalue weighted by molar-refractivity contribution is -0.113. The first-order valence-corrected chi connectivity index (χ1v) is 9.19. The highest BCUT2D eigenvalue weighted by atomic mass is 32.2. The van der Waals surface area contributed by atoms with Gasteiger partial charge in [-0.2, -0.15) is 5.10 Å². The first-order valence-electron chi connectivity index (χ1n) is 8.03. The molecule has 0 spiro atoms. The fourth-order valence-corrected chi connectivity index (χ4v) is 3.28. The van der Waals surface area contributed by atoms with E-state index in [1.54, 1.807) is 22.8 Å². The molecule has 0 radical (unpaired) electrons. The van der Waals surface area contributed by atoms with E-state index in [-0.39, 0.29) is 5.91 Å². The number of aryl methyl sites for hydroxylation is 1. The minimum atomic E-state index is 0.00978. The zero-order valence-corrected chi connectivity index (χ0v) is 14.9. The molecule has 1 N–H and O–H groups in total. The Bertz CT molecular complexity index is 833. The van der Waals surface area contributed by atoms with E-state index in [1.807, 2.05) is 30.3 Å². The van der Waals surface area contributed by atoms with Crippen LogP contribution in [0.1, 0.15) is 16.7 Å². The maximum absolute atomic E-state index is 12.1. The number of rotatable bonds is 7. The van der Waals surface area contributed by atoms with Crippen molar-refractivity contribution in [2.75, 3.05) is 11.1 Å². The minimum Gasteiger partial charge on any atom is -0.325 e. The molecule has 0 saturated heterocycles. The number of nitrogens with zero attached hydrogens (tertiary/aromatic N) is 3. The molecule has 0 saturated carbocycles. The number of aromatic nitrogens is 3. The Morgan fingerprint density at radius 3 is 2.80 bits per heavy atom. The van der Waals surface area contributed by atoms with Crippen molar-refractivity contribution >= 4 is 23.4 Å². The van der Waals surface area contributed by atoms with Gasteiger partial charge in [-0.25, -0.2) is 9.67 Å². The molecular weight excluding hydrogens is 332 g/mol. The monoisotopic (exact) mass is 352 g/mol. The van der Waals surface area contributed by atoms with Crippen LogP contribution in [0.3, 0.4) is 0 Å². The molecule has 0 bridgehead atoms. The molecule has 0 fully saturated rings. The Morgan fingerprint density at radius 2 is 2.00 bits per heavy atom. The van der Waals surface area contributed by atoms with Crippen LogP contribution in [0.2, 0.25) is 0 Å². The normalized spacial score (nSPS) is 10.6. The third kappa shape index (κ3) is 5.46. The summed E-state index contributed by atoms with van der Waals surface area (Å²) in [4.78, 5) is 16.1. The van der Waals surface area contributed by atoms with Gasteiger partial charge in [-0.15, -0.1) is 11.8 Å². The summed E-state index contributed by atoms with van der Waals surface area (Å²) < 4.78 is 1.75. The molecular formula is C19H20N4OS. The highest BCUT2D eigenvalue weighted by Gasteiger charge is 2.05. The molecule has 5 nitrogen and oxygen atoms in total. The lowest BCUT2D eigenvalue weighted by Gasteiger charge is -2.08. The zero-order chi connectivity index (χ0) is 17.5. The van der Waals surface area contributed by atoms with E-state index < -0.39 is 0 Å². The van der Waals surface area contributed by atoms with E-state index in [1.165, 1.54) is 17.5 Å². The van der Waals surface area contributed by atoms with Crippen LogP contribution in [-0.2, 0) is 17.1 Å². The fraction of sp³-hybridized carbons (Fsp3) is 0.211. The summed E-state index contributed by atoms with van der Waals surface area (Å²) in [5, 5.41) is 7.05. The number of nitrogens with one attached hydrogen (secondary N) is 1. The van der Waals surface area contributed by atoms with Crippen LogP contribution < -0.4 is 5.32 Å². The van der Waals surface area contributed by atoms with Gasteiger partial charge in [-0.3, -0.25) is 4.79 Å². The Labute approximate surface area is 151 Å². The summed E-state index contributed by atoms with van der Waals surface area (Å²) in [7, 11) is 0. The van der Waals surface area contributed by atoms with Crippen molar-refractivity contribution in [1.29, 1.82) is 0 Å². The van der Waals surface area contributed by atoms with Crippen molar-refractivity contribution in [3.05, 3.63) is 77.9 Å². The van der Waals surface area contributed by atoms with E-state index in [2.05, 4.69) is 40.5 Å². The van der Waals surface area contributed by atoms with Crippen LogP contribution >= 0.6 is 11.8 Å². The molecule has 1 amide bonds. The van der Waals surface area contributed by atoms with Crippen molar-refractivity contribution < 1.29 is 4.79 Å². The lowest BCUT2D eigenvalue weighted by atomic mass is 10.2. The molecule has 0 atom stereocenters. The SMILES string of the molecule is Cc1cccc(CSCC(=O)Nc2cccc(Cn3cncn3)c2)c1. The van der Waals surface area contributed by atoms with Crippen LogP contribution in [0.4, 0.5) is 5.69 Å². The standard InChI is InChI=1S/C19H20N4OS/c1-15-4-2-6-17(8-15)11-25-12-19(24)22-18-7-3-5-16(9-18)10-23-14-20-13-21-23/h2-9,13-14H,10-12H2,1H3,(H,22,24). The Morgan fingerprint density at radius 1 is 1.16 bits per heavy atom. The second-order valence-corrected chi connectivity index (χ2v) is 6.81. The molecule has 0 aliphatic heterocycles. The fourth-order valence-electron chi connectivity index (χ4n) is 2.51. The van der Waals surface area contributed by atoms with Gasteiger partial charge >= 0.3 is 0 Å². The molecule has 128 valence electrons. The van der Waals surface area contributed by atoms with Gasteiger partial charge in [-0.05, 0) is 30.2 Å². The van der Waals surface area contributed by atoms with Gasteiger partial charge in [0.1, 0.15) is 12.7 Å². The summed E-state index contributed by atoms with van der Waals surface area (Å²) in [5.41, 5.74) is 4.36. The number of thioether (sulfide) groups is 1. The maximum atomic E-state index is 12.1. The number of benzene rings is 2. The molecule has 1 heterocycles. The summed E-state index contributed by atoms with van der Waals surface area (Å²) in [6, 6.07) is 16.2. The molecule has 1 aromatic heterocycles. The zero-order valence-electron chi connectivity index (χ0n) is 14.1. The largest absolute Gasteiger partial charge is 0.325 e. The van der Waals surface area contributed by atoms with Crippen LogP contribution in [0.5, 0.6) is 0 Å². The molecule has 0 unspecified atom stereocenters. The van der Waals surface area contributed by atoms with Gasteiger partial charge < -0.3 is 5.32 Å². The van der Waals surface area contributed by atoms with Crippen LogP contribution in [0.15, 0.2) is 61.2 Å². The average Bonchev–Trinajstić information content (AvgIpc) is 3.08. The van der Waals surface area contributed by atoms with E-state index in [0.29, 0.717) is 12.3 Å². The van der Waals surface area contributed by atoms with Crippen molar-refractivity contribution in [3.63, 3.8) is 0 Å². The number of carbonyl (C=O) groups is 1. The summed E-state index contributed by atoms with van der Waals surface area (Å²) in [5.74, 6) is 1.28. The smallest absolute Gasteiger partial charge is 0.234 e. The van der Waals surface area contributed by atoms with Crippen LogP contribution in [-0.4, -0.2) is 26.4 Å². The highest BCUT2D eigenvalue weighted by molar-refractivity contribution is 7.99. The number of anilines is 1. The summed E-state index contributed by atoms with van der Waals surface area (Å²) in [6.07, 6.45) is 3.18. The third-order valence-electron chi connectivity index (χ3n) is 3.61. The quantitative estimate of drug-likeness (QED) is 0.707. The first kappa shape index (κ1) is 17.2. The molecule has 25 heavy (non-hydrogen) atoms. The Balaban J connectivity index is 1.49. The van der Waals surface area contributed by atoms with E-state index in [4.69, 9.17) is 0 Å². The topological polar surface area (TPSA) is 59.8 Å². The maximum Gasteiger partial charge on any atom is 0.234 e. The van der Waals surface area contributed by atoms with Gasteiger partial charge in [0.25, 0.3) is 0 Å². The van der Waals surface area contributed by atoms with Gasteiger partial charge in [0, 0.05) is 11.4 Å². The van der Waals surface area contributed by atoms with Gasteiger partial charge in [0.2, 0.25) is 5.91 Å². The Hall–Kier alpha value is -2.60. The first-order chi connectivity index (χ1) is 12.2. The molecule has 3 rings (SSSR count).